The van der Waals surface area contributed by atoms with E-state index in [-0.39, 0.29) is 12.1 Å². The van der Waals surface area contributed by atoms with Gasteiger partial charge in [-0.25, -0.2) is 4.79 Å². The van der Waals surface area contributed by atoms with Crippen LogP contribution in [0, 0.1) is 0 Å². The Morgan fingerprint density at radius 3 is 2.50 bits per heavy atom. The molecule has 1 heterocycles. The van der Waals surface area contributed by atoms with Crippen molar-refractivity contribution in [3.05, 3.63) is 0 Å². The van der Waals surface area contributed by atoms with E-state index < -0.39 is 5.60 Å². The lowest BCUT2D eigenvalue weighted by molar-refractivity contribution is 0.0463. The number of carbonyl (C=O) groups excluding carboxylic acids is 1. The Morgan fingerprint density at radius 2 is 1.94 bits per heavy atom. The van der Waals surface area contributed by atoms with Crippen LogP contribution in [-0.2, 0) is 4.74 Å². The van der Waals surface area contributed by atoms with Crippen LogP contribution in [0.15, 0.2) is 0 Å². The SMILES string of the molecule is CC(C)(C)OC(=O)NC1CC(NC2CCNC2)C1. The molecule has 18 heavy (non-hydrogen) atoms. The molecule has 0 aromatic heterocycles. The number of hydrogen-bond donors (Lipinski definition) is 3. The third-order valence-electron chi connectivity index (χ3n) is 3.39. The van der Waals surface area contributed by atoms with Crippen LogP contribution < -0.4 is 16.0 Å². The van der Waals surface area contributed by atoms with Crippen molar-refractivity contribution in [3.8, 4) is 0 Å². The Kier molecular flexibility index (Phi) is 4.12. The van der Waals surface area contributed by atoms with E-state index in [4.69, 9.17) is 4.74 Å². The van der Waals surface area contributed by atoms with Gasteiger partial charge in [0.1, 0.15) is 5.60 Å². The van der Waals surface area contributed by atoms with Gasteiger partial charge in [-0.05, 0) is 46.6 Å². The van der Waals surface area contributed by atoms with Gasteiger partial charge in [-0.1, -0.05) is 0 Å². The van der Waals surface area contributed by atoms with Gasteiger partial charge in [0.05, 0.1) is 0 Å². The Labute approximate surface area is 109 Å². The lowest BCUT2D eigenvalue weighted by Gasteiger charge is -2.38. The molecule has 2 rings (SSSR count). The fourth-order valence-corrected chi connectivity index (χ4v) is 2.48. The summed E-state index contributed by atoms with van der Waals surface area (Å²) in [6, 6.07) is 1.43. The van der Waals surface area contributed by atoms with E-state index in [1.165, 1.54) is 6.42 Å². The first-order chi connectivity index (χ1) is 8.42. The number of amides is 1. The van der Waals surface area contributed by atoms with Gasteiger partial charge in [0.25, 0.3) is 0 Å². The van der Waals surface area contributed by atoms with Crippen LogP contribution in [0.5, 0.6) is 0 Å². The Morgan fingerprint density at radius 1 is 1.22 bits per heavy atom. The first kappa shape index (κ1) is 13.6. The van der Waals surface area contributed by atoms with E-state index in [1.54, 1.807) is 0 Å². The summed E-state index contributed by atoms with van der Waals surface area (Å²) in [7, 11) is 0. The molecule has 2 aliphatic rings. The molecular weight excluding hydrogens is 230 g/mol. The number of hydrogen-bond acceptors (Lipinski definition) is 4. The lowest BCUT2D eigenvalue weighted by atomic mass is 9.86. The van der Waals surface area contributed by atoms with E-state index in [0.717, 1.165) is 25.9 Å². The first-order valence-corrected chi connectivity index (χ1v) is 6.88. The summed E-state index contributed by atoms with van der Waals surface area (Å²) in [4.78, 5) is 11.5. The molecule has 2 fully saturated rings. The fourth-order valence-electron chi connectivity index (χ4n) is 2.48. The summed E-state index contributed by atoms with van der Waals surface area (Å²) >= 11 is 0. The van der Waals surface area contributed by atoms with Crippen molar-refractivity contribution in [2.45, 2.75) is 63.8 Å². The maximum Gasteiger partial charge on any atom is 0.407 e. The minimum atomic E-state index is -0.416. The average Bonchev–Trinajstić information content (AvgIpc) is 2.63. The van der Waals surface area contributed by atoms with Crippen LogP contribution in [0.1, 0.15) is 40.0 Å². The standard InChI is InChI=1S/C13H25N3O2/c1-13(2,3)18-12(17)16-11-6-10(7-11)15-9-4-5-14-8-9/h9-11,14-15H,4-8H2,1-3H3,(H,16,17). The van der Waals surface area contributed by atoms with Crippen molar-refractivity contribution in [2.24, 2.45) is 0 Å². The molecule has 1 atom stereocenters. The van der Waals surface area contributed by atoms with Crippen LogP contribution in [0.4, 0.5) is 4.79 Å². The second-order valence-electron chi connectivity index (χ2n) is 6.37. The van der Waals surface area contributed by atoms with Crippen LogP contribution >= 0.6 is 0 Å². The normalized spacial score (nSPS) is 31.8. The summed E-state index contributed by atoms with van der Waals surface area (Å²) in [6.45, 7) is 7.82. The maximum atomic E-state index is 11.5. The van der Waals surface area contributed by atoms with Gasteiger partial charge < -0.3 is 20.7 Å². The molecule has 1 saturated heterocycles. The first-order valence-electron chi connectivity index (χ1n) is 6.88. The molecule has 1 unspecified atom stereocenters. The van der Waals surface area contributed by atoms with Gasteiger partial charge >= 0.3 is 6.09 Å². The highest BCUT2D eigenvalue weighted by Crippen LogP contribution is 2.21. The third-order valence-corrected chi connectivity index (χ3v) is 3.39. The number of alkyl carbamates (subject to hydrolysis) is 1. The molecule has 5 heteroatoms. The molecule has 0 bridgehead atoms. The van der Waals surface area contributed by atoms with E-state index in [2.05, 4.69) is 16.0 Å². The summed E-state index contributed by atoms with van der Waals surface area (Å²) in [5.41, 5.74) is -0.416. The average molecular weight is 255 g/mol. The monoisotopic (exact) mass is 255 g/mol. The fraction of sp³-hybridized carbons (Fsp3) is 0.923. The molecule has 1 aliphatic heterocycles. The highest BCUT2D eigenvalue weighted by Gasteiger charge is 2.33. The number of ether oxygens (including phenoxy) is 1. The summed E-state index contributed by atoms with van der Waals surface area (Å²) in [5, 5.41) is 9.87. The van der Waals surface area contributed by atoms with Gasteiger partial charge in [0.2, 0.25) is 0 Å². The third kappa shape index (κ3) is 4.14. The van der Waals surface area contributed by atoms with Gasteiger partial charge in [-0.2, -0.15) is 0 Å². The minimum absolute atomic E-state index is 0.270. The summed E-state index contributed by atoms with van der Waals surface area (Å²) in [5.74, 6) is 0. The molecule has 5 nitrogen and oxygen atoms in total. The van der Waals surface area contributed by atoms with Gasteiger partial charge in [-0.15, -0.1) is 0 Å². The molecule has 0 spiro atoms. The van der Waals surface area contributed by atoms with Crippen molar-refractivity contribution in [1.29, 1.82) is 0 Å². The predicted molar refractivity (Wildman–Crippen MR) is 70.6 cm³/mol. The molecule has 1 aliphatic carbocycles. The lowest BCUT2D eigenvalue weighted by Crippen LogP contribution is -2.55. The maximum absolute atomic E-state index is 11.5. The number of carbonyl (C=O) groups is 1. The van der Waals surface area contributed by atoms with Crippen LogP contribution in [0.2, 0.25) is 0 Å². The smallest absolute Gasteiger partial charge is 0.407 e. The topological polar surface area (TPSA) is 62.4 Å². The van der Waals surface area contributed by atoms with Crippen molar-refractivity contribution in [2.75, 3.05) is 13.1 Å². The Balaban J connectivity index is 1.59. The van der Waals surface area contributed by atoms with E-state index in [0.29, 0.717) is 12.1 Å². The molecular formula is C13H25N3O2. The van der Waals surface area contributed by atoms with Crippen molar-refractivity contribution in [1.82, 2.24) is 16.0 Å². The van der Waals surface area contributed by atoms with Crippen molar-refractivity contribution in [3.63, 3.8) is 0 Å². The van der Waals surface area contributed by atoms with E-state index >= 15 is 0 Å². The molecule has 104 valence electrons. The van der Waals surface area contributed by atoms with Crippen LogP contribution in [-0.4, -0.2) is 42.9 Å². The zero-order chi connectivity index (χ0) is 13.2. The number of rotatable bonds is 3. The van der Waals surface area contributed by atoms with Crippen LogP contribution in [0.3, 0.4) is 0 Å². The second-order valence-corrected chi connectivity index (χ2v) is 6.37. The minimum Gasteiger partial charge on any atom is -0.444 e. The highest BCUT2D eigenvalue weighted by molar-refractivity contribution is 5.68. The highest BCUT2D eigenvalue weighted by atomic mass is 16.6. The van der Waals surface area contributed by atoms with Crippen molar-refractivity contribution < 1.29 is 9.53 Å². The molecule has 0 aromatic carbocycles. The van der Waals surface area contributed by atoms with Crippen LogP contribution in [0.25, 0.3) is 0 Å². The summed E-state index contributed by atoms with van der Waals surface area (Å²) in [6.07, 6.45) is 2.93. The largest absolute Gasteiger partial charge is 0.444 e. The van der Waals surface area contributed by atoms with Gasteiger partial charge in [0, 0.05) is 24.7 Å². The molecule has 0 radical (unpaired) electrons. The van der Waals surface area contributed by atoms with Gasteiger partial charge in [-0.3, -0.25) is 0 Å². The molecule has 0 aromatic rings. The Hall–Kier alpha value is -0.810. The molecule has 1 amide bonds. The second kappa shape index (κ2) is 5.45. The summed E-state index contributed by atoms with van der Waals surface area (Å²) < 4.78 is 5.23. The zero-order valence-corrected chi connectivity index (χ0v) is 11.6. The van der Waals surface area contributed by atoms with Gasteiger partial charge in [0.15, 0.2) is 0 Å². The zero-order valence-electron chi connectivity index (χ0n) is 11.6. The van der Waals surface area contributed by atoms with E-state index in [9.17, 15) is 4.79 Å². The Bertz CT molecular complexity index is 289. The predicted octanol–water partition coefficient (Wildman–Crippen LogP) is 0.994. The van der Waals surface area contributed by atoms with Crippen molar-refractivity contribution >= 4 is 6.09 Å². The quantitative estimate of drug-likeness (QED) is 0.704. The molecule has 1 saturated carbocycles. The number of nitrogens with one attached hydrogen (secondary N) is 3. The van der Waals surface area contributed by atoms with E-state index in [1.807, 2.05) is 20.8 Å². The molecule has 3 N–H and O–H groups in total.